The monoisotopic (exact) mass is 590 g/mol. The van der Waals surface area contributed by atoms with Crippen molar-refractivity contribution >= 4 is 45.5 Å². The number of nitrogen functional groups attached to an aromatic ring is 1. The van der Waals surface area contributed by atoms with E-state index in [1.54, 1.807) is 50.0 Å². The van der Waals surface area contributed by atoms with Gasteiger partial charge in [-0.1, -0.05) is 50.6 Å². The maximum absolute atomic E-state index is 14.2. The number of carbonyl (C=O) groups excluding carboxylic acids is 1. The summed E-state index contributed by atoms with van der Waals surface area (Å²) in [7, 11) is 1.67. The summed E-state index contributed by atoms with van der Waals surface area (Å²) in [6.07, 6.45) is 3.32. The van der Waals surface area contributed by atoms with Crippen LogP contribution in [0.3, 0.4) is 0 Å². The summed E-state index contributed by atoms with van der Waals surface area (Å²) in [6.45, 7) is 9.55. The topological polar surface area (TPSA) is 133 Å². The number of aryl methyl sites for hydroxylation is 1. The molecule has 3 heterocycles. The molecule has 1 atom stereocenters. The summed E-state index contributed by atoms with van der Waals surface area (Å²) < 4.78 is 2.97. The molecule has 0 fully saturated rings. The molecule has 0 saturated carbocycles. The number of fused-ring (bicyclic) bond motifs is 1. The molecule has 3 aromatic heterocycles. The van der Waals surface area contributed by atoms with Crippen LogP contribution in [0.4, 0.5) is 11.6 Å². The molecular weight excluding hydrogens is 560 g/mol. The summed E-state index contributed by atoms with van der Waals surface area (Å²) in [5, 5.41) is 7.57. The van der Waals surface area contributed by atoms with Crippen LogP contribution in [-0.2, 0) is 7.05 Å². The van der Waals surface area contributed by atoms with Crippen molar-refractivity contribution in [1.82, 2.24) is 29.6 Å². The fraction of sp³-hybridized carbons (Fsp3) is 0.188. The highest BCUT2D eigenvalue weighted by molar-refractivity contribution is 7.10. The molecule has 0 aliphatic heterocycles. The summed E-state index contributed by atoms with van der Waals surface area (Å²) in [5.74, 6) is 6.44. The molecule has 0 spiro atoms. The number of aliphatic imine (C=N–C) groups is 1. The lowest BCUT2D eigenvalue weighted by molar-refractivity contribution is 0.0939. The van der Waals surface area contributed by atoms with Crippen LogP contribution in [0.1, 0.15) is 53.4 Å². The normalized spacial score (nSPS) is 12.2. The van der Waals surface area contributed by atoms with Crippen LogP contribution in [0.2, 0.25) is 0 Å². The fourth-order valence-corrected chi connectivity index (χ4v) is 5.09. The molecule has 2 aromatic carbocycles. The van der Waals surface area contributed by atoms with Gasteiger partial charge in [0.1, 0.15) is 11.4 Å². The summed E-state index contributed by atoms with van der Waals surface area (Å²) in [5.41, 5.74) is 10.00. The van der Waals surface area contributed by atoms with E-state index in [0.717, 1.165) is 4.88 Å². The quantitative estimate of drug-likeness (QED) is 0.203. The molecule has 0 bridgehead atoms. The van der Waals surface area contributed by atoms with E-state index in [0.29, 0.717) is 39.5 Å². The van der Waals surface area contributed by atoms with Crippen molar-refractivity contribution in [1.29, 1.82) is 0 Å². The van der Waals surface area contributed by atoms with Crippen molar-refractivity contribution in [2.75, 3.05) is 5.73 Å². The van der Waals surface area contributed by atoms with Gasteiger partial charge in [0.05, 0.1) is 39.2 Å². The molecule has 1 unspecified atom stereocenters. The van der Waals surface area contributed by atoms with Gasteiger partial charge < -0.3 is 11.1 Å². The van der Waals surface area contributed by atoms with Crippen LogP contribution in [0.15, 0.2) is 82.7 Å². The van der Waals surface area contributed by atoms with Gasteiger partial charge in [0, 0.05) is 18.3 Å². The molecule has 1 amide bonds. The van der Waals surface area contributed by atoms with Crippen molar-refractivity contribution in [3.05, 3.63) is 105 Å². The van der Waals surface area contributed by atoms with Gasteiger partial charge in [0.25, 0.3) is 11.5 Å². The number of thiazole rings is 1. The number of carbonyl (C=O) groups is 1. The number of para-hydroxylation sites is 1. The predicted octanol–water partition coefficient (Wildman–Crippen LogP) is 4.96. The molecule has 5 rings (SSSR count). The van der Waals surface area contributed by atoms with Crippen LogP contribution in [-0.4, -0.2) is 35.9 Å². The van der Waals surface area contributed by atoms with Gasteiger partial charge in [-0.05, 0) is 49.1 Å². The Labute approximate surface area is 252 Å². The van der Waals surface area contributed by atoms with Gasteiger partial charge in [0.2, 0.25) is 0 Å². The molecule has 216 valence electrons. The number of nitrogens with two attached hydrogens (primary N) is 1. The number of allylic oxidation sites excluding steroid dienone is 1. The molecule has 0 aliphatic carbocycles. The lowest BCUT2D eigenvalue weighted by Gasteiger charge is -2.20. The highest BCUT2D eigenvalue weighted by Crippen LogP contribution is 2.27. The lowest BCUT2D eigenvalue weighted by atomic mass is 10.1. The predicted molar refractivity (Wildman–Crippen MR) is 171 cm³/mol. The van der Waals surface area contributed by atoms with Crippen molar-refractivity contribution in [2.45, 2.75) is 26.8 Å². The Kier molecular flexibility index (Phi) is 8.32. The highest BCUT2D eigenvalue weighted by atomic mass is 32.1. The zero-order valence-corrected chi connectivity index (χ0v) is 25.0. The van der Waals surface area contributed by atoms with E-state index >= 15 is 0 Å². The van der Waals surface area contributed by atoms with E-state index in [4.69, 9.17) is 10.7 Å². The zero-order chi connectivity index (χ0) is 30.7. The minimum Gasteiger partial charge on any atom is -0.381 e. The van der Waals surface area contributed by atoms with Crippen LogP contribution in [0.25, 0.3) is 16.6 Å². The van der Waals surface area contributed by atoms with Crippen molar-refractivity contribution in [3.63, 3.8) is 0 Å². The van der Waals surface area contributed by atoms with Gasteiger partial charge in [-0.2, -0.15) is 5.10 Å². The number of nitrogens with one attached hydrogen (secondary N) is 1. The SMILES string of the molecule is C=C/C(=N\c1c(C(=O)NC(C)c2nc3cccc(C#Cc4cncs4)c3c(=O)n2-c2ccccc2)c(N)nn1C)C(C)C. The Morgan fingerprint density at radius 2 is 1.91 bits per heavy atom. The first-order valence-corrected chi connectivity index (χ1v) is 14.4. The Morgan fingerprint density at radius 3 is 2.58 bits per heavy atom. The van der Waals surface area contributed by atoms with Gasteiger partial charge in [0.15, 0.2) is 11.6 Å². The molecule has 0 aliphatic rings. The average Bonchev–Trinajstić information content (AvgIpc) is 3.61. The molecular formula is C32H30N8O2S. The van der Waals surface area contributed by atoms with Gasteiger partial charge in [-0.3, -0.25) is 19.1 Å². The van der Waals surface area contributed by atoms with Crippen LogP contribution >= 0.6 is 11.3 Å². The Hall–Kier alpha value is -5.34. The van der Waals surface area contributed by atoms with E-state index < -0.39 is 11.9 Å². The van der Waals surface area contributed by atoms with Crippen molar-refractivity contribution < 1.29 is 4.79 Å². The summed E-state index contributed by atoms with van der Waals surface area (Å²) >= 11 is 1.42. The second-order valence-corrected chi connectivity index (χ2v) is 10.9. The number of benzene rings is 2. The smallest absolute Gasteiger partial charge is 0.267 e. The standard InChI is InChI=1S/C32H30N8O2S/c1-6-24(19(2)3)36-30-27(28(33)38-39(30)5)31(41)35-20(4)29-37-25-14-10-11-21(15-16-23-17-34-18-43-23)26(25)32(42)40(29)22-12-8-7-9-13-22/h6-14,17-20H,1H2,2-5H3,(H2,33,38)(H,35,41)/b36-24+. The number of rotatable bonds is 7. The zero-order valence-electron chi connectivity index (χ0n) is 24.2. The largest absolute Gasteiger partial charge is 0.381 e. The third-order valence-corrected chi connectivity index (χ3v) is 7.42. The third kappa shape index (κ3) is 5.86. The number of hydrogen-bond donors (Lipinski definition) is 2. The van der Waals surface area contributed by atoms with Crippen molar-refractivity contribution in [3.8, 4) is 17.5 Å². The first kappa shape index (κ1) is 29.2. The van der Waals surface area contributed by atoms with E-state index in [2.05, 4.69) is 38.8 Å². The Bertz CT molecular complexity index is 1980. The molecule has 43 heavy (non-hydrogen) atoms. The van der Waals surface area contributed by atoms with Gasteiger partial charge >= 0.3 is 0 Å². The van der Waals surface area contributed by atoms with Crippen LogP contribution in [0.5, 0.6) is 0 Å². The molecule has 11 heteroatoms. The second kappa shape index (κ2) is 12.3. The van der Waals surface area contributed by atoms with E-state index in [9.17, 15) is 9.59 Å². The first-order chi connectivity index (χ1) is 20.7. The molecule has 5 aromatic rings. The number of aromatic nitrogens is 5. The number of anilines is 1. The minimum absolute atomic E-state index is 0.0363. The molecule has 0 saturated heterocycles. The maximum atomic E-state index is 14.2. The highest BCUT2D eigenvalue weighted by Gasteiger charge is 2.26. The average molecular weight is 591 g/mol. The van der Waals surface area contributed by atoms with Crippen LogP contribution in [0, 0.1) is 17.8 Å². The van der Waals surface area contributed by atoms with Gasteiger partial charge in [-0.25, -0.2) is 14.7 Å². The van der Waals surface area contributed by atoms with Crippen LogP contribution < -0.4 is 16.6 Å². The number of amides is 1. The van der Waals surface area contributed by atoms with E-state index in [1.165, 1.54) is 20.6 Å². The molecule has 3 N–H and O–H groups in total. The number of hydrogen-bond acceptors (Lipinski definition) is 8. The Balaban J connectivity index is 1.62. The number of nitrogens with zero attached hydrogens (tertiary/aromatic N) is 6. The molecule has 10 nitrogen and oxygen atoms in total. The summed E-state index contributed by atoms with van der Waals surface area (Å²) in [6, 6.07) is 13.8. The maximum Gasteiger partial charge on any atom is 0.267 e. The lowest BCUT2D eigenvalue weighted by Crippen LogP contribution is -2.33. The molecule has 0 radical (unpaired) electrons. The first-order valence-electron chi connectivity index (χ1n) is 13.6. The van der Waals surface area contributed by atoms with Gasteiger partial charge in [-0.15, -0.1) is 11.3 Å². The third-order valence-electron chi connectivity index (χ3n) is 6.73. The second-order valence-electron chi connectivity index (χ2n) is 10.1. The van der Waals surface area contributed by atoms with Crippen molar-refractivity contribution in [2.24, 2.45) is 18.0 Å². The van der Waals surface area contributed by atoms with E-state index in [1.807, 2.05) is 44.2 Å². The summed E-state index contributed by atoms with van der Waals surface area (Å²) in [4.78, 5) is 42.2. The fourth-order valence-electron chi connectivity index (χ4n) is 4.62. The minimum atomic E-state index is -0.711. The van der Waals surface area contributed by atoms with E-state index in [-0.39, 0.29) is 22.9 Å². The Morgan fingerprint density at radius 1 is 1.14 bits per heavy atom.